The molecule has 0 heterocycles. The molecule has 0 N–H and O–H groups in total. The molecule has 0 aliphatic rings. The highest BCUT2D eigenvalue weighted by Crippen LogP contribution is 2.03. The summed E-state index contributed by atoms with van der Waals surface area (Å²) in [5, 5.41) is 0. The monoisotopic (exact) mass is 594 g/mol. The molecule has 0 aliphatic heterocycles. The molecule has 0 aliphatic carbocycles. The lowest BCUT2D eigenvalue weighted by Gasteiger charge is -1.93. The fourth-order valence-electron chi connectivity index (χ4n) is 3.74. The van der Waals surface area contributed by atoms with Crippen LogP contribution in [0.15, 0.2) is 170 Å². The molecule has 0 amide bonds. The van der Waals surface area contributed by atoms with E-state index in [1.54, 1.807) is 0 Å². The molecule has 0 bridgehead atoms. The van der Waals surface area contributed by atoms with Crippen LogP contribution in [0.5, 0.6) is 0 Å². The lowest BCUT2D eigenvalue weighted by Crippen LogP contribution is -1.74. The van der Waals surface area contributed by atoms with Crippen LogP contribution in [-0.2, 0) is 6.42 Å². The zero-order chi connectivity index (χ0) is 33.1. The minimum atomic E-state index is 1.14. The molecule has 0 atom stereocenters. The van der Waals surface area contributed by atoms with Gasteiger partial charge in [-0.15, -0.1) is 0 Å². The molecule has 0 spiro atoms. The third-order valence-corrected chi connectivity index (χ3v) is 6.68. The van der Waals surface area contributed by atoms with Crippen molar-refractivity contribution in [1.82, 2.24) is 0 Å². The van der Waals surface area contributed by atoms with Crippen LogP contribution in [0.1, 0.15) is 51.4 Å². The maximum Gasteiger partial charge on any atom is -0.0307 e. The highest BCUT2D eigenvalue weighted by Gasteiger charge is 1.84. The van der Waals surface area contributed by atoms with Crippen LogP contribution in [0, 0.1) is 48.5 Å². The summed E-state index contributed by atoms with van der Waals surface area (Å²) in [5.74, 6) is 0. The normalized spacial score (nSPS) is 8.98. The Bertz CT molecular complexity index is 1410. The molecule has 45 heavy (non-hydrogen) atoms. The zero-order valence-electron chi connectivity index (χ0n) is 28.9. The van der Waals surface area contributed by atoms with Crippen molar-refractivity contribution in [3.63, 3.8) is 0 Å². The summed E-state index contributed by atoms with van der Waals surface area (Å²) >= 11 is 0. The lowest BCUT2D eigenvalue weighted by molar-refractivity contribution is 1.14. The largest absolute Gasteiger partial charge is 0.0623 e. The van der Waals surface area contributed by atoms with E-state index < -0.39 is 0 Å². The summed E-state index contributed by atoms with van der Waals surface area (Å²) in [5.41, 5.74) is 10.8. The summed E-state index contributed by atoms with van der Waals surface area (Å²) in [7, 11) is 0. The van der Waals surface area contributed by atoms with E-state index in [2.05, 4.69) is 165 Å². The Morgan fingerprint density at radius 2 is 0.578 bits per heavy atom. The predicted molar refractivity (Wildman–Crippen MR) is 201 cm³/mol. The summed E-state index contributed by atoms with van der Waals surface area (Å²) in [4.78, 5) is 0. The second-order valence-electron chi connectivity index (χ2n) is 11.0. The zero-order valence-corrected chi connectivity index (χ0v) is 28.9. The first-order chi connectivity index (χ1) is 21.7. The number of hydrogen-bond donors (Lipinski definition) is 0. The summed E-state index contributed by atoms with van der Waals surface area (Å²) in [6, 6.07) is 58.0. The highest BCUT2D eigenvalue weighted by atomic mass is 13.9. The van der Waals surface area contributed by atoms with E-state index in [1.165, 1.54) is 44.5 Å². The third-order valence-electron chi connectivity index (χ3n) is 6.68. The van der Waals surface area contributed by atoms with Crippen LogP contribution in [0.3, 0.4) is 0 Å². The molecule has 234 valence electrons. The molecule has 0 nitrogen and oxygen atoms in total. The Balaban J connectivity index is 0.000000271. The Kier molecular flexibility index (Phi) is 21.1. The quantitative estimate of drug-likeness (QED) is 0.178. The predicted octanol–water partition coefficient (Wildman–Crippen LogP) is 12.8. The number of rotatable bonds is 1. The van der Waals surface area contributed by atoms with E-state index >= 15 is 0 Å². The molecule has 0 radical (unpaired) electrons. The van der Waals surface area contributed by atoms with Gasteiger partial charge in [0.15, 0.2) is 0 Å². The number of hydrogen-bond acceptors (Lipinski definition) is 0. The van der Waals surface area contributed by atoms with Gasteiger partial charge in [-0.3, -0.25) is 0 Å². The fraction of sp³-hybridized carbons (Fsp3) is 0.200. The van der Waals surface area contributed by atoms with Gasteiger partial charge >= 0.3 is 0 Å². The van der Waals surface area contributed by atoms with Gasteiger partial charge in [0.25, 0.3) is 0 Å². The molecule has 0 heteroatoms. The van der Waals surface area contributed by atoms with Gasteiger partial charge in [-0.25, -0.2) is 0 Å². The average molecular weight is 595 g/mol. The lowest BCUT2D eigenvalue weighted by atomic mass is 10.1. The second kappa shape index (κ2) is 24.7. The van der Waals surface area contributed by atoms with E-state index in [0.717, 1.165) is 6.42 Å². The standard InChI is InChI=1S/4C8H10.C7H8.C6H6/c1-7-3-5-8(2)6-4-7;1-7-4-3-5-8(2)6-7;1-7-5-3-4-6-8(7)2;1-2-8-6-4-3-5-7-8;1-7-5-3-2-4-6-7;1-2-4-6-5-3-1/h3*3-6H,1-2H3;3-7H,2H2,1H3;2-6H,1H3;1-6H. The van der Waals surface area contributed by atoms with Crippen LogP contribution in [0.4, 0.5) is 0 Å². The average Bonchev–Trinajstić information content (AvgIpc) is 3.07. The van der Waals surface area contributed by atoms with E-state index in [0.29, 0.717) is 0 Å². The highest BCUT2D eigenvalue weighted by molar-refractivity contribution is 5.23. The van der Waals surface area contributed by atoms with Gasteiger partial charge in [0, 0.05) is 0 Å². The van der Waals surface area contributed by atoms with Gasteiger partial charge < -0.3 is 0 Å². The van der Waals surface area contributed by atoms with Crippen LogP contribution in [0.25, 0.3) is 0 Å². The van der Waals surface area contributed by atoms with Crippen molar-refractivity contribution < 1.29 is 0 Å². The first-order valence-corrected chi connectivity index (χ1v) is 15.9. The van der Waals surface area contributed by atoms with Gasteiger partial charge in [0.05, 0.1) is 0 Å². The van der Waals surface area contributed by atoms with Gasteiger partial charge in [-0.1, -0.05) is 205 Å². The maximum absolute atomic E-state index is 2.17. The Hall–Kier alpha value is -4.68. The topological polar surface area (TPSA) is 0 Å². The number of aryl methyl sites for hydroxylation is 8. The summed E-state index contributed by atoms with van der Waals surface area (Å²) < 4.78 is 0. The molecule has 6 aromatic rings. The molecule has 0 fully saturated rings. The van der Waals surface area contributed by atoms with Crippen molar-refractivity contribution in [2.24, 2.45) is 0 Å². The van der Waals surface area contributed by atoms with Gasteiger partial charge in [0.1, 0.15) is 0 Å². The van der Waals surface area contributed by atoms with Crippen molar-refractivity contribution in [3.8, 4) is 0 Å². The van der Waals surface area contributed by atoms with E-state index in [-0.39, 0.29) is 0 Å². The minimum absolute atomic E-state index is 1.14. The molecular formula is C45H54. The van der Waals surface area contributed by atoms with Crippen molar-refractivity contribution >= 4 is 0 Å². The molecular weight excluding hydrogens is 540 g/mol. The molecule has 6 rings (SSSR count). The van der Waals surface area contributed by atoms with Crippen LogP contribution in [0.2, 0.25) is 0 Å². The fourth-order valence-corrected chi connectivity index (χ4v) is 3.74. The first-order valence-electron chi connectivity index (χ1n) is 15.9. The molecule has 6 aromatic carbocycles. The van der Waals surface area contributed by atoms with Crippen molar-refractivity contribution in [1.29, 1.82) is 0 Å². The van der Waals surface area contributed by atoms with E-state index in [4.69, 9.17) is 0 Å². The van der Waals surface area contributed by atoms with Crippen molar-refractivity contribution in [2.75, 3.05) is 0 Å². The van der Waals surface area contributed by atoms with Crippen LogP contribution < -0.4 is 0 Å². The van der Waals surface area contributed by atoms with Crippen molar-refractivity contribution in [2.45, 2.75) is 61.8 Å². The Morgan fingerprint density at radius 1 is 0.289 bits per heavy atom. The van der Waals surface area contributed by atoms with Crippen LogP contribution >= 0.6 is 0 Å². The SMILES string of the molecule is CCc1ccccc1.Cc1ccc(C)cc1.Cc1cccc(C)c1.Cc1ccccc1.Cc1ccccc1C.c1ccccc1. The summed E-state index contributed by atoms with van der Waals surface area (Å²) in [6.45, 7) is 16.9. The van der Waals surface area contributed by atoms with E-state index in [1.807, 2.05) is 60.7 Å². The number of benzene rings is 6. The van der Waals surface area contributed by atoms with Crippen molar-refractivity contribution in [3.05, 3.63) is 214 Å². The molecule has 0 saturated carbocycles. The first kappa shape index (κ1) is 38.3. The summed E-state index contributed by atoms with van der Waals surface area (Å²) in [6.07, 6.45) is 1.14. The van der Waals surface area contributed by atoms with Crippen LogP contribution in [-0.4, -0.2) is 0 Å². The third kappa shape index (κ3) is 21.6. The van der Waals surface area contributed by atoms with E-state index in [9.17, 15) is 0 Å². The minimum Gasteiger partial charge on any atom is -0.0623 e. The Labute approximate surface area is 275 Å². The molecule has 0 saturated heterocycles. The molecule has 0 aromatic heterocycles. The second-order valence-corrected chi connectivity index (χ2v) is 11.0. The van der Waals surface area contributed by atoms with Gasteiger partial charge in [-0.05, 0) is 71.6 Å². The van der Waals surface area contributed by atoms with Gasteiger partial charge in [0.2, 0.25) is 0 Å². The van der Waals surface area contributed by atoms with Gasteiger partial charge in [-0.2, -0.15) is 0 Å². The molecule has 0 unspecified atom stereocenters. The maximum atomic E-state index is 2.17. The Morgan fingerprint density at radius 3 is 0.822 bits per heavy atom. The smallest absolute Gasteiger partial charge is 0.0307 e.